The predicted molar refractivity (Wildman–Crippen MR) is 133 cm³/mol. The number of benzene rings is 3. The van der Waals surface area contributed by atoms with Gasteiger partial charge in [-0.05, 0) is 54.4 Å². The topological polar surface area (TPSA) is 99.2 Å². The Kier molecular flexibility index (Phi) is 5.03. The maximum absolute atomic E-state index is 13.8. The molecule has 2 fully saturated rings. The summed E-state index contributed by atoms with van der Waals surface area (Å²) in [7, 11) is 0. The van der Waals surface area contributed by atoms with Gasteiger partial charge in [-0.1, -0.05) is 42.5 Å². The van der Waals surface area contributed by atoms with E-state index < -0.39 is 35.7 Å². The van der Waals surface area contributed by atoms with Gasteiger partial charge in [-0.3, -0.25) is 24.2 Å². The number of hydrogen-bond donors (Lipinski definition) is 1. The summed E-state index contributed by atoms with van der Waals surface area (Å²) in [5.74, 6) is -3.03. The Hall–Kier alpha value is -4.59. The highest BCUT2D eigenvalue weighted by Crippen LogP contribution is 2.52. The molecule has 3 aromatic carbocycles. The number of hydrogen-bond acceptors (Lipinski definition) is 6. The van der Waals surface area contributed by atoms with Crippen molar-refractivity contribution < 1.29 is 19.2 Å². The zero-order valence-electron chi connectivity index (χ0n) is 19.4. The Balaban J connectivity index is 1.43. The lowest BCUT2D eigenvalue weighted by Crippen LogP contribution is -2.46. The first-order valence-corrected chi connectivity index (χ1v) is 11.7. The average Bonchev–Trinajstić information content (AvgIpc) is 3.37. The normalized spacial score (nSPS) is 23.8. The molecule has 3 heterocycles. The van der Waals surface area contributed by atoms with E-state index in [-0.39, 0.29) is 11.7 Å². The van der Waals surface area contributed by atoms with Gasteiger partial charge in [0.25, 0.3) is 0 Å². The van der Waals surface area contributed by atoms with Crippen LogP contribution in [0.25, 0.3) is 0 Å². The van der Waals surface area contributed by atoms with E-state index in [2.05, 4.69) is 10.4 Å². The number of nitrogens with one attached hydrogen (secondary N) is 1. The maximum Gasteiger partial charge on any atom is 0.249 e. The van der Waals surface area contributed by atoms with E-state index in [1.165, 1.54) is 6.92 Å². The van der Waals surface area contributed by atoms with Gasteiger partial charge < -0.3 is 5.32 Å². The van der Waals surface area contributed by atoms with Crippen LogP contribution in [0.1, 0.15) is 34.5 Å². The molecule has 0 unspecified atom stereocenters. The molecule has 0 aromatic heterocycles. The van der Waals surface area contributed by atoms with Crippen LogP contribution in [0.15, 0.2) is 84.0 Å². The quantitative estimate of drug-likeness (QED) is 0.458. The Labute approximate surface area is 207 Å². The fourth-order valence-electron chi connectivity index (χ4n) is 5.51. The van der Waals surface area contributed by atoms with E-state index in [9.17, 15) is 19.2 Å². The second-order valence-corrected chi connectivity index (χ2v) is 9.16. The molecule has 3 aliphatic heterocycles. The maximum atomic E-state index is 13.8. The number of nitrogens with zero attached hydrogens (tertiary/aromatic N) is 3. The van der Waals surface area contributed by atoms with Gasteiger partial charge in [0.05, 0.1) is 29.8 Å². The molecule has 178 valence electrons. The second-order valence-electron chi connectivity index (χ2n) is 9.16. The number of ketones is 1. The first-order chi connectivity index (χ1) is 17.5. The van der Waals surface area contributed by atoms with E-state index >= 15 is 0 Å². The molecule has 8 heteroatoms. The van der Waals surface area contributed by atoms with Crippen molar-refractivity contribution in [3.8, 4) is 0 Å². The van der Waals surface area contributed by atoms with Crippen LogP contribution >= 0.6 is 0 Å². The molecule has 4 atom stereocenters. The van der Waals surface area contributed by atoms with Gasteiger partial charge in [-0.25, -0.2) is 4.90 Å². The van der Waals surface area contributed by atoms with Crippen LogP contribution < -0.4 is 10.2 Å². The summed E-state index contributed by atoms with van der Waals surface area (Å²) >= 11 is 0. The van der Waals surface area contributed by atoms with E-state index in [4.69, 9.17) is 0 Å². The first-order valence-electron chi connectivity index (χ1n) is 11.7. The van der Waals surface area contributed by atoms with Gasteiger partial charge >= 0.3 is 0 Å². The lowest BCUT2D eigenvalue weighted by molar-refractivity contribution is -0.129. The summed E-state index contributed by atoms with van der Waals surface area (Å²) in [5.41, 5.74) is 3.17. The first kappa shape index (κ1) is 21.9. The molecule has 3 aromatic rings. The molecule has 8 nitrogen and oxygen atoms in total. The van der Waals surface area contributed by atoms with Crippen LogP contribution in [0, 0.1) is 11.8 Å². The number of carbonyl (C=O) groups is 4. The lowest BCUT2D eigenvalue weighted by atomic mass is 9.85. The van der Waals surface area contributed by atoms with Crippen LogP contribution in [0.2, 0.25) is 0 Å². The lowest BCUT2D eigenvalue weighted by Gasteiger charge is -2.33. The van der Waals surface area contributed by atoms with Gasteiger partial charge in [-0.2, -0.15) is 5.10 Å². The standard InChI is InChI=1S/C28H22N4O4/c1-16(33)17-11-13-20(14-12-17)31-27(35)22-23(28(31)36)25(26(34)30-19-8-3-2-4-9-19)32-24(22)21-10-6-5-7-18(21)15-29-32/h2-15,22-25H,1H3,(H,30,34)/t22-,23+,24-,25-/m1/s1. The summed E-state index contributed by atoms with van der Waals surface area (Å²) in [4.78, 5) is 54.1. The SMILES string of the molecule is CC(=O)c1ccc(N2C(=O)[C@@H]3[C@H](C2=O)[C@H](C(=O)Nc2ccccc2)N2N=Cc4ccccc4[C@H]32)cc1. The predicted octanol–water partition coefficient (Wildman–Crippen LogP) is 3.41. The van der Waals surface area contributed by atoms with Crippen LogP contribution in [0.4, 0.5) is 11.4 Å². The van der Waals surface area contributed by atoms with Crippen molar-refractivity contribution in [2.24, 2.45) is 16.9 Å². The molecule has 36 heavy (non-hydrogen) atoms. The molecule has 0 spiro atoms. The molecule has 0 bridgehead atoms. The van der Waals surface area contributed by atoms with Gasteiger partial charge in [0, 0.05) is 11.3 Å². The highest BCUT2D eigenvalue weighted by molar-refractivity contribution is 6.24. The van der Waals surface area contributed by atoms with Crippen molar-refractivity contribution in [3.05, 3.63) is 95.6 Å². The number of carbonyl (C=O) groups excluding carboxylic acids is 4. The number of rotatable bonds is 4. The number of para-hydroxylation sites is 1. The monoisotopic (exact) mass is 478 g/mol. The van der Waals surface area contributed by atoms with Gasteiger partial charge in [0.1, 0.15) is 6.04 Å². The highest BCUT2D eigenvalue weighted by Gasteiger charge is 2.65. The number of anilines is 2. The number of hydrazone groups is 1. The molecule has 0 radical (unpaired) electrons. The van der Waals surface area contributed by atoms with Crippen LogP contribution in [0.3, 0.4) is 0 Å². The summed E-state index contributed by atoms with van der Waals surface area (Å²) in [5, 5.41) is 9.05. The third-order valence-corrected chi connectivity index (χ3v) is 7.14. The van der Waals surface area contributed by atoms with Crippen molar-refractivity contribution >= 4 is 41.1 Å². The molecular weight excluding hydrogens is 456 g/mol. The van der Waals surface area contributed by atoms with E-state index in [0.717, 1.165) is 16.0 Å². The van der Waals surface area contributed by atoms with Crippen molar-refractivity contribution in [3.63, 3.8) is 0 Å². The molecule has 0 saturated carbocycles. The molecular formula is C28H22N4O4. The zero-order valence-corrected chi connectivity index (χ0v) is 19.4. The minimum absolute atomic E-state index is 0.109. The van der Waals surface area contributed by atoms with Gasteiger partial charge in [0.2, 0.25) is 17.7 Å². The summed E-state index contributed by atoms with van der Waals surface area (Å²) in [6.07, 6.45) is 1.67. The Morgan fingerprint density at radius 1 is 0.833 bits per heavy atom. The number of fused-ring (bicyclic) bond motifs is 5. The number of Topliss-reactive ketones (excluding diaryl/α,β-unsaturated/α-hetero) is 1. The minimum Gasteiger partial charge on any atom is -0.324 e. The van der Waals surface area contributed by atoms with E-state index in [1.54, 1.807) is 47.6 Å². The molecule has 1 N–H and O–H groups in total. The minimum atomic E-state index is -0.970. The average molecular weight is 479 g/mol. The second kappa shape index (κ2) is 8.27. The van der Waals surface area contributed by atoms with Gasteiger partial charge in [0.15, 0.2) is 5.78 Å². The molecule has 0 aliphatic carbocycles. The summed E-state index contributed by atoms with van der Waals surface area (Å²) < 4.78 is 0. The number of amides is 3. The molecule has 2 saturated heterocycles. The van der Waals surface area contributed by atoms with Crippen molar-refractivity contribution in [1.29, 1.82) is 0 Å². The smallest absolute Gasteiger partial charge is 0.249 e. The molecule has 3 amide bonds. The van der Waals surface area contributed by atoms with Crippen LogP contribution in [-0.4, -0.2) is 40.8 Å². The summed E-state index contributed by atoms with van der Waals surface area (Å²) in [6, 6.07) is 21.4. The Morgan fingerprint density at radius 3 is 2.22 bits per heavy atom. The third kappa shape index (κ3) is 3.25. The number of imide groups is 1. The fraction of sp³-hybridized carbons (Fsp3) is 0.179. The molecule has 3 aliphatic rings. The van der Waals surface area contributed by atoms with E-state index in [0.29, 0.717) is 16.9 Å². The molecule has 6 rings (SSSR count). The van der Waals surface area contributed by atoms with E-state index in [1.807, 2.05) is 42.5 Å². The van der Waals surface area contributed by atoms with Gasteiger partial charge in [-0.15, -0.1) is 0 Å². The third-order valence-electron chi connectivity index (χ3n) is 7.14. The fourth-order valence-corrected chi connectivity index (χ4v) is 5.51. The van der Waals surface area contributed by atoms with Crippen molar-refractivity contribution in [2.75, 3.05) is 10.2 Å². The van der Waals surface area contributed by atoms with Crippen LogP contribution in [-0.2, 0) is 14.4 Å². The zero-order chi connectivity index (χ0) is 25.0. The largest absolute Gasteiger partial charge is 0.324 e. The Morgan fingerprint density at radius 2 is 1.50 bits per heavy atom. The van der Waals surface area contributed by atoms with Crippen LogP contribution in [0.5, 0.6) is 0 Å². The Bertz CT molecular complexity index is 1430. The van der Waals surface area contributed by atoms with Crippen molar-refractivity contribution in [2.45, 2.75) is 19.0 Å². The summed E-state index contributed by atoms with van der Waals surface area (Å²) in [6.45, 7) is 1.46. The van der Waals surface area contributed by atoms with Crippen molar-refractivity contribution in [1.82, 2.24) is 5.01 Å². The highest BCUT2D eigenvalue weighted by atomic mass is 16.2.